The molecule has 0 bridgehead atoms. The molecule has 2 unspecified atom stereocenters. The summed E-state index contributed by atoms with van der Waals surface area (Å²) >= 11 is 0. The first-order valence-corrected chi connectivity index (χ1v) is 9.87. The molecular formula is C23H29NO3. The van der Waals surface area contributed by atoms with Gasteiger partial charge in [-0.3, -0.25) is 4.90 Å². The van der Waals surface area contributed by atoms with Crippen molar-refractivity contribution in [1.82, 2.24) is 4.90 Å². The van der Waals surface area contributed by atoms with Crippen LogP contribution in [0.5, 0.6) is 5.75 Å². The minimum atomic E-state index is -0.591. The first-order chi connectivity index (χ1) is 12.9. The van der Waals surface area contributed by atoms with Gasteiger partial charge < -0.3 is 15.3 Å². The zero-order valence-electron chi connectivity index (χ0n) is 15.9. The van der Waals surface area contributed by atoms with Crippen molar-refractivity contribution < 1.29 is 15.3 Å². The van der Waals surface area contributed by atoms with E-state index < -0.39 is 11.7 Å². The molecule has 4 heteroatoms. The lowest BCUT2D eigenvalue weighted by Gasteiger charge is -2.27. The highest BCUT2D eigenvalue weighted by Gasteiger charge is 2.48. The molecule has 1 saturated heterocycles. The maximum atomic E-state index is 11.1. The zero-order chi connectivity index (χ0) is 19.0. The van der Waals surface area contributed by atoms with Crippen molar-refractivity contribution in [2.24, 2.45) is 11.8 Å². The van der Waals surface area contributed by atoms with Gasteiger partial charge in [0.25, 0.3) is 0 Å². The van der Waals surface area contributed by atoms with Crippen LogP contribution in [-0.4, -0.2) is 45.5 Å². The van der Waals surface area contributed by atoms with Gasteiger partial charge in [-0.2, -0.15) is 0 Å². The van der Waals surface area contributed by atoms with Crippen LogP contribution < -0.4 is 0 Å². The normalized spacial score (nSPS) is 29.0. The summed E-state index contributed by atoms with van der Waals surface area (Å²) in [5.74, 6) is 1.23. The summed E-state index contributed by atoms with van der Waals surface area (Å²) in [4.78, 5) is 2.32. The van der Waals surface area contributed by atoms with E-state index in [1.165, 1.54) is 11.1 Å². The van der Waals surface area contributed by atoms with E-state index in [-0.39, 0.29) is 5.75 Å². The second kappa shape index (κ2) is 7.27. The minimum Gasteiger partial charge on any atom is -0.508 e. The summed E-state index contributed by atoms with van der Waals surface area (Å²) in [5, 5.41) is 31.0. The van der Waals surface area contributed by atoms with Crippen LogP contribution in [0.2, 0.25) is 0 Å². The quantitative estimate of drug-likeness (QED) is 0.760. The van der Waals surface area contributed by atoms with Gasteiger partial charge in [0.05, 0.1) is 11.7 Å². The van der Waals surface area contributed by atoms with Gasteiger partial charge in [0, 0.05) is 26.1 Å². The molecular weight excluding hydrogens is 338 g/mol. The lowest BCUT2D eigenvalue weighted by atomic mass is 9.91. The predicted octanol–water partition coefficient (Wildman–Crippen LogP) is 3.05. The van der Waals surface area contributed by atoms with Gasteiger partial charge in [-0.25, -0.2) is 0 Å². The molecule has 0 spiro atoms. The molecule has 2 aromatic rings. The number of aliphatic hydroxyl groups is 2. The monoisotopic (exact) mass is 367 g/mol. The Morgan fingerprint density at radius 3 is 2.19 bits per heavy atom. The number of phenolic OH excluding ortho intramolecular Hbond substituents is 1. The summed E-state index contributed by atoms with van der Waals surface area (Å²) < 4.78 is 0. The Hall–Kier alpha value is -1.88. The highest BCUT2D eigenvalue weighted by Crippen LogP contribution is 2.45. The Morgan fingerprint density at radius 2 is 1.59 bits per heavy atom. The number of likely N-dealkylation sites (tertiary alicyclic amines) is 1. The van der Waals surface area contributed by atoms with E-state index in [4.69, 9.17) is 0 Å². The van der Waals surface area contributed by atoms with Crippen molar-refractivity contribution >= 4 is 0 Å². The Labute approximate surface area is 161 Å². The summed E-state index contributed by atoms with van der Waals surface area (Å²) in [7, 11) is 0. The lowest BCUT2D eigenvalue weighted by molar-refractivity contribution is 0.0328. The summed E-state index contributed by atoms with van der Waals surface area (Å²) in [5.41, 5.74) is 2.70. The molecule has 4 nitrogen and oxygen atoms in total. The van der Waals surface area contributed by atoms with E-state index in [1.54, 1.807) is 24.3 Å². The van der Waals surface area contributed by atoms with Crippen molar-refractivity contribution in [2.45, 2.75) is 37.9 Å². The van der Waals surface area contributed by atoms with Gasteiger partial charge >= 0.3 is 0 Å². The fourth-order valence-electron chi connectivity index (χ4n) is 4.98. The molecule has 0 aromatic heterocycles. The number of phenols is 1. The third-order valence-corrected chi connectivity index (χ3v) is 6.30. The van der Waals surface area contributed by atoms with E-state index >= 15 is 0 Å². The maximum Gasteiger partial charge on any atom is 0.115 e. The summed E-state index contributed by atoms with van der Waals surface area (Å²) in [6, 6.07) is 15.3. The molecule has 0 amide bonds. The van der Waals surface area contributed by atoms with Gasteiger partial charge in [0.2, 0.25) is 0 Å². The van der Waals surface area contributed by atoms with Gasteiger partial charge in [-0.15, -0.1) is 0 Å². The second-order valence-electron chi connectivity index (χ2n) is 8.64. The van der Waals surface area contributed by atoms with Crippen LogP contribution in [0.4, 0.5) is 0 Å². The number of rotatable bonds is 5. The van der Waals surface area contributed by atoms with Crippen LogP contribution in [0.25, 0.3) is 0 Å². The van der Waals surface area contributed by atoms with Gasteiger partial charge in [-0.1, -0.05) is 42.0 Å². The Bertz CT molecular complexity index is 757. The van der Waals surface area contributed by atoms with Crippen molar-refractivity contribution in [2.75, 3.05) is 19.6 Å². The minimum absolute atomic E-state index is 0.217. The number of aromatic hydroxyl groups is 1. The lowest BCUT2D eigenvalue weighted by Crippen LogP contribution is -2.33. The van der Waals surface area contributed by atoms with Crippen molar-refractivity contribution in [3.8, 4) is 5.75 Å². The average Bonchev–Trinajstić information content (AvgIpc) is 3.11. The van der Waals surface area contributed by atoms with Crippen LogP contribution in [0.3, 0.4) is 0 Å². The molecule has 0 radical (unpaired) electrons. The van der Waals surface area contributed by atoms with Crippen LogP contribution in [0.15, 0.2) is 48.5 Å². The largest absolute Gasteiger partial charge is 0.508 e. The molecule has 2 fully saturated rings. The molecule has 3 N–H and O–H groups in total. The third kappa shape index (κ3) is 4.18. The van der Waals surface area contributed by atoms with Crippen molar-refractivity contribution in [3.63, 3.8) is 0 Å². The standard InChI is InChI=1S/C23H29NO3/c1-16-2-4-17(5-3-16)10-23(27)11-19-13-24(14-20(19)12-23)15-22(26)18-6-8-21(25)9-7-18/h2-9,19-20,22,25-27H,10-15H2,1H3/t19-,20?,22?,23-/m1/s1. The Morgan fingerprint density at radius 1 is 1.00 bits per heavy atom. The van der Waals surface area contributed by atoms with Crippen LogP contribution in [-0.2, 0) is 6.42 Å². The van der Waals surface area contributed by atoms with Gasteiger partial charge in [-0.05, 0) is 54.9 Å². The molecule has 1 saturated carbocycles. The number of aliphatic hydroxyl groups excluding tert-OH is 1. The smallest absolute Gasteiger partial charge is 0.115 e. The fraction of sp³-hybridized carbons (Fsp3) is 0.478. The highest BCUT2D eigenvalue weighted by atomic mass is 16.3. The van der Waals surface area contributed by atoms with E-state index in [1.807, 2.05) is 0 Å². The maximum absolute atomic E-state index is 11.1. The Kier molecular flexibility index (Phi) is 4.97. The molecule has 4 rings (SSSR count). The van der Waals surface area contributed by atoms with Gasteiger partial charge in [0.15, 0.2) is 0 Å². The molecule has 27 heavy (non-hydrogen) atoms. The number of benzene rings is 2. The highest BCUT2D eigenvalue weighted by molar-refractivity contribution is 5.27. The van der Waals surface area contributed by atoms with Crippen LogP contribution in [0.1, 0.15) is 35.6 Å². The molecule has 2 aliphatic rings. The molecule has 144 valence electrons. The first-order valence-electron chi connectivity index (χ1n) is 9.87. The predicted molar refractivity (Wildman–Crippen MR) is 106 cm³/mol. The molecule has 1 heterocycles. The molecule has 1 aliphatic carbocycles. The van der Waals surface area contributed by atoms with E-state index in [0.717, 1.165) is 37.9 Å². The second-order valence-corrected chi connectivity index (χ2v) is 8.64. The summed E-state index contributed by atoms with van der Waals surface area (Å²) in [6.45, 7) is 4.57. The van der Waals surface area contributed by atoms with Crippen molar-refractivity contribution in [3.05, 3.63) is 65.2 Å². The van der Waals surface area contributed by atoms with E-state index in [2.05, 4.69) is 36.1 Å². The number of nitrogens with zero attached hydrogens (tertiary/aromatic N) is 1. The summed E-state index contributed by atoms with van der Waals surface area (Å²) in [6.07, 6.45) is 1.88. The number of hydrogen-bond donors (Lipinski definition) is 3. The SMILES string of the molecule is Cc1ccc(C[C@]2(O)CC3CN(CC(O)c4ccc(O)cc4)C[C@H]3C2)cc1. The molecule has 4 atom stereocenters. The Balaban J connectivity index is 1.32. The number of aryl methyl sites for hydroxylation is 1. The van der Waals surface area contributed by atoms with E-state index in [0.29, 0.717) is 18.4 Å². The van der Waals surface area contributed by atoms with Crippen LogP contribution >= 0.6 is 0 Å². The average molecular weight is 367 g/mol. The first kappa shape index (κ1) is 18.5. The van der Waals surface area contributed by atoms with Crippen molar-refractivity contribution in [1.29, 1.82) is 0 Å². The molecule has 1 aliphatic heterocycles. The van der Waals surface area contributed by atoms with Gasteiger partial charge in [0.1, 0.15) is 5.75 Å². The topological polar surface area (TPSA) is 63.9 Å². The fourth-order valence-corrected chi connectivity index (χ4v) is 4.98. The zero-order valence-corrected chi connectivity index (χ0v) is 15.9. The van der Waals surface area contributed by atoms with Crippen LogP contribution in [0, 0.1) is 18.8 Å². The molecule has 2 aromatic carbocycles. The van der Waals surface area contributed by atoms with E-state index in [9.17, 15) is 15.3 Å². The number of hydrogen-bond acceptors (Lipinski definition) is 4. The third-order valence-electron chi connectivity index (χ3n) is 6.30. The number of β-amino-alcohol motifs (C(OH)–C–C–N with tert-alkyl or cyclic N) is 1. The number of fused-ring (bicyclic) bond motifs is 1.